The molecule has 8 nitrogen and oxygen atoms in total. The maximum atomic E-state index is 14.0. The van der Waals surface area contributed by atoms with Crippen molar-refractivity contribution in [2.45, 2.75) is 25.3 Å². The Kier molecular flexibility index (Phi) is 6.95. The van der Waals surface area contributed by atoms with Gasteiger partial charge >= 0.3 is 5.97 Å². The van der Waals surface area contributed by atoms with Crippen LogP contribution < -0.4 is 9.46 Å². The summed E-state index contributed by atoms with van der Waals surface area (Å²) >= 11 is 0. The smallest absolute Gasteiger partial charge is 0.341 e. The van der Waals surface area contributed by atoms with Crippen LogP contribution >= 0.6 is 0 Å². The number of halogens is 1. The second-order valence-corrected chi connectivity index (χ2v) is 9.54. The van der Waals surface area contributed by atoms with E-state index in [1.54, 1.807) is 24.3 Å². The number of hydrogen-bond acceptors (Lipinski definition) is 6. The second-order valence-electron chi connectivity index (χ2n) is 7.89. The molecule has 2 aromatic carbocycles. The van der Waals surface area contributed by atoms with Gasteiger partial charge < -0.3 is 19.2 Å². The van der Waals surface area contributed by atoms with Crippen LogP contribution in [0.25, 0.3) is 17.2 Å². The van der Waals surface area contributed by atoms with Crippen LogP contribution in [0.4, 0.5) is 10.1 Å². The van der Waals surface area contributed by atoms with Crippen molar-refractivity contribution >= 4 is 27.8 Å². The zero-order chi connectivity index (χ0) is 25.2. The van der Waals surface area contributed by atoms with Gasteiger partial charge in [0, 0.05) is 17.7 Å². The van der Waals surface area contributed by atoms with Crippen LogP contribution in [0.3, 0.4) is 0 Å². The van der Waals surface area contributed by atoms with E-state index in [9.17, 15) is 22.7 Å². The number of aromatic carboxylic acids is 1. The molecule has 3 aromatic rings. The Hall–Kier alpha value is -3.63. The summed E-state index contributed by atoms with van der Waals surface area (Å²) in [4.78, 5) is 14.1. The lowest BCUT2D eigenvalue weighted by atomic mass is 9.98. The molecule has 2 heterocycles. The van der Waals surface area contributed by atoms with Gasteiger partial charge in [0.2, 0.25) is 0 Å². The summed E-state index contributed by atoms with van der Waals surface area (Å²) in [7, 11) is -4.27. The van der Waals surface area contributed by atoms with Gasteiger partial charge in [0.05, 0.1) is 16.8 Å². The molecule has 1 aliphatic rings. The third kappa shape index (κ3) is 4.94. The van der Waals surface area contributed by atoms with Crippen LogP contribution in [0, 0.1) is 5.82 Å². The number of fused-ring (bicyclic) bond motifs is 3. The normalized spacial score (nSPS) is 12.9. The first-order valence-corrected chi connectivity index (χ1v) is 12.5. The Bertz CT molecular complexity index is 1390. The van der Waals surface area contributed by atoms with Crippen LogP contribution in [0.5, 0.6) is 5.75 Å². The molecule has 1 aliphatic heterocycles. The highest BCUT2D eigenvalue weighted by Crippen LogP contribution is 2.43. The fourth-order valence-corrected chi connectivity index (χ4v) is 5.23. The van der Waals surface area contributed by atoms with E-state index in [1.165, 1.54) is 12.3 Å². The number of ether oxygens (including phenoxy) is 1. The van der Waals surface area contributed by atoms with E-state index in [0.29, 0.717) is 23.4 Å². The monoisotopic (exact) mass is 500 g/mol. The minimum atomic E-state index is -4.27. The maximum absolute atomic E-state index is 14.0. The number of benzene rings is 2. The Balaban J connectivity index is 1.72. The number of furan rings is 1. The molecule has 0 amide bonds. The number of carboxylic acids is 1. The predicted octanol–water partition coefficient (Wildman–Crippen LogP) is 4.83. The summed E-state index contributed by atoms with van der Waals surface area (Å²) in [6, 6.07) is 7.96. The van der Waals surface area contributed by atoms with Crippen LogP contribution in [-0.4, -0.2) is 44.0 Å². The maximum Gasteiger partial charge on any atom is 0.341 e. The van der Waals surface area contributed by atoms with Crippen molar-refractivity contribution < 1.29 is 31.9 Å². The quantitative estimate of drug-likeness (QED) is 0.433. The van der Waals surface area contributed by atoms with Crippen molar-refractivity contribution in [3.05, 3.63) is 71.4 Å². The van der Waals surface area contributed by atoms with Gasteiger partial charge in [-0.25, -0.2) is 17.6 Å². The van der Waals surface area contributed by atoms with E-state index in [4.69, 9.17) is 9.15 Å². The number of carboxylic acid groups (broad SMARTS) is 1. The summed E-state index contributed by atoms with van der Waals surface area (Å²) < 4.78 is 53.9. The highest BCUT2D eigenvalue weighted by atomic mass is 32.2. The van der Waals surface area contributed by atoms with Crippen molar-refractivity contribution in [1.29, 1.82) is 0 Å². The van der Waals surface area contributed by atoms with Gasteiger partial charge in [-0.05, 0) is 55.1 Å². The summed E-state index contributed by atoms with van der Waals surface area (Å²) in [5.41, 5.74) is 0.840. The van der Waals surface area contributed by atoms with Crippen molar-refractivity contribution in [1.82, 2.24) is 4.90 Å². The molecule has 0 aliphatic carbocycles. The van der Waals surface area contributed by atoms with Gasteiger partial charge in [0.1, 0.15) is 29.5 Å². The zero-order valence-electron chi connectivity index (χ0n) is 19.2. The molecule has 0 saturated heterocycles. The molecule has 0 fully saturated rings. The number of nitrogens with one attached hydrogen (secondary N) is 1. The van der Waals surface area contributed by atoms with Gasteiger partial charge in [-0.2, -0.15) is 0 Å². The van der Waals surface area contributed by atoms with Crippen molar-refractivity contribution in [2.75, 3.05) is 24.4 Å². The Morgan fingerprint density at radius 2 is 1.94 bits per heavy atom. The first-order valence-electron chi connectivity index (χ1n) is 11.1. The second kappa shape index (κ2) is 9.93. The van der Waals surface area contributed by atoms with Crippen LogP contribution in [0.1, 0.15) is 35.5 Å². The number of likely N-dealkylation sites (N-methyl/N-ethyl adjacent to an activating group) is 1. The van der Waals surface area contributed by atoms with Gasteiger partial charge in [-0.1, -0.05) is 26.0 Å². The highest BCUT2D eigenvalue weighted by Gasteiger charge is 2.29. The molecule has 0 bridgehead atoms. The number of hydrogen-bond donors (Lipinski definition) is 2. The van der Waals surface area contributed by atoms with E-state index in [1.807, 2.05) is 13.8 Å². The molecule has 0 saturated carbocycles. The molecule has 35 heavy (non-hydrogen) atoms. The molecule has 184 valence electrons. The number of rotatable bonds is 9. The Morgan fingerprint density at radius 3 is 2.66 bits per heavy atom. The standard InChI is InChI=1S/C25H25FN2O6S/c1-3-28(4-2)12-5-6-16-14-17(26)7-10-22(16)35(31,32)27-20-9-8-19-18-11-13-33-21(18)15-34-24(19)23(20)25(29)30/h5-11,13-14,27H,3-4,12,15H2,1-2H3,(H,29,30)/b6-5+. The molecular weight excluding hydrogens is 475 g/mol. The highest BCUT2D eigenvalue weighted by molar-refractivity contribution is 7.92. The summed E-state index contributed by atoms with van der Waals surface area (Å²) in [6.45, 7) is 6.23. The SMILES string of the molecule is CCN(CC)C/C=C/c1cc(F)ccc1S(=O)(=O)Nc1ccc2c(c1C(=O)O)OCc1occc1-2. The minimum Gasteiger partial charge on any atom is -0.484 e. The molecule has 10 heteroatoms. The number of carbonyl (C=O) groups is 1. The van der Waals surface area contributed by atoms with Gasteiger partial charge in [0.15, 0.2) is 0 Å². The van der Waals surface area contributed by atoms with Crippen LogP contribution in [-0.2, 0) is 16.6 Å². The number of nitrogens with zero attached hydrogens (tertiary/aromatic N) is 1. The molecule has 4 rings (SSSR count). The van der Waals surface area contributed by atoms with Gasteiger partial charge in [-0.15, -0.1) is 0 Å². The molecule has 0 radical (unpaired) electrons. The van der Waals surface area contributed by atoms with Crippen molar-refractivity contribution in [2.24, 2.45) is 0 Å². The lowest BCUT2D eigenvalue weighted by Crippen LogP contribution is -2.22. The minimum absolute atomic E-state index is 0.0191. The average Bonchev–Trinajstić information content (AvgIpc) is 3.30. The third-order valence-electron chi connectivity index (χ3n) is 5.82. The zero-order valence-corrected chi connectivity index (χ0v) is 20.1. The molecule has 1 aromatic heterocycles. The van der Waals surface area contributed by atoms with Crippen LogP contribution in [0.2, 0.25) is 0 Å². The fraction of sp³-hybridized carbons (Fsp3) is 0.240. The summed E-state index contributed by atoms with van der Waals surface area (Å²) in [5, 5.41) is 9.89. The average molecular weight is 501 g/mol. The molecule has 0 atom stereocenters. The first kappa shape index (κ1) is 24.5. The molecular formula is C25H25FN2O6S. The fourth-order valence-electron chi connectivity index (χ4n) is 3.98. The van der Waals surface area contributed by atoms with E-state index >= 15 is 0 Å². The van der Waals surface area contributed by atoms with Gasteiger partial charge in [0.25, 0.3) is 10.0 Å². The van der Waals surface area contributed by atoms with Crippen molar-refractivity contribution in [3.8, 4) is 16.9 Å². The molecule has 0 unspecified atom stereocenters. The third-order valence-corrected chi connectivity index (χ3v) is 7.26. The van der Waals surface area contributed by atoms with E-state index in [0.717, 1.165) is 31.3 Å². The Morgan fingerprint density at radius 1 is 1.17 bits per heavy atom. The molecule has 0 spiro atoms. The van der Waals surface area contributed by atoms with E-state index < -0.39 is 21.8 Å². The van der Waals surface area contributed by atoms with Gasteiger partial charge in [-0.3, -0.25) is 4.72 Å². The first-order chi connectivity index (χ1) is 16.7. The Labute approximate surface area is 202 Å². The van der Waals surface area contributed by atoms with E-state index in [-0.39, 0.29) is 34.1 Å². The number of anilines is 1. The van der Waals surface area contributed by atoms with Crippen LogP contribution in [0.15, 0.2) is 58.1 Å². The largest absolute Gasteiger partial charge is 0.484 e. The lowest BCUT2D eigenvalue weighted by Gasteiger charge is -2.21. The topological polar surface area (TPSA) is 109 Å². The predicted molar refractivity (Wildman–Crippen MR) is 129 cm³/mol. The van der Waals surface area contributed by atoms with Crippen molar-refractivity contribution in [3.63, 3.8) is 0 Å². The number of sulfonamides is 1. The summed E-state index contributed by atoms with van der Waals surface area (Å²) in [5.74, 6) is -1.35. The summed E-state index contributed by atoms with van der Waals surface area (Å²) in [6.07, 6.45) is 4.78. The van der Waals surface area contributed by atoms with E-state index in [2.05, 4.69) is 9.62 Å². The molecule has 2 N–H and O–H groups in total. The lowest BCUT2D eigenvalue weighted by molar-refractivity contribution is 0.0692.